The first-order valence-electron chi connectivity index (χ1n) is 10.7. The molecule has 1 fully saturated rings. The maximum absolute atomic E-state index is 12.7. The molecule has 1 aromatic rings. The second kappa shape index (κ2) is 13.7. The van der Waals surface area contributed by atoms with Crippen molar-refractivity contribution in [2.24, 2.45) is 11.8 Å². The van der Waals surface area contributed by atoms with E-state index in [1.165, 1.54) is 6.92 Å². The van der Waals surface area contributed by atoms with E-state index in [2.05, 4.69) is 0 Å². The van der Waals surface area contributed by atoms with Crippen LogP contribution in [0.3, 0.4) is 0 Å². The first kappa shape index (κ1) is 29.9. The Hall–Kier alpha value is -2.15. The normalized spacial score (nSPS) is 15.5. The highest BCUT2D eigenvalue weighted by atomic mass is 32.3. The molecule has 0 aromatic heterocycles. The van der Waals surface area contributed by atoms with Crippen molar-refractivity contribution >= 4 is 39.3 Å². The number of rotatable bonds is 6. The molecule has 0 aliphatic carbocycles. The molecule has 1 atom stereocenters. The third-order valence-corrected chi connectivity index (χ3v) is 5.68. The fraction of sp³-hybridized carbons (Fsp3) is 0.591. The molecule has 1 aliphatic rings. The third kappa shape index (κ3) is 13.5. The predicted octanol–water partition coefficient (Wildman–Crippen LogP) is 3.62. The van der Waals surface area contributed by atoms with Gasteiger partial charge < -0.3 is 14.4 Å². The quantitative estimate of drug-likeness (QED) is 0.422. The second-order valence-corrected chi connectivity index (χ2v) is 10.8. The number of hydrogen-bond donors (Lipinski definition) is 2. The van der Waals surface area contributed by atoms with Gasteiger partial charge in [0.1, 0.15) is 12.2 Å². The molecule has 34 heavy (non-hydrogen) atoms. The molecule has 0 saturated carbocycles. The Labute approximate surface area is 204 Å². The van der Waals surface area contributed by atoms with Crippen molar-refractivity contribution < 1.29 is 41.4 Å². The summed E-state index contributed by atoms with van der Waals surface area (Å²) < 4.78 is 42.6. The largest absolute Gasteiger partial charge is 0.460 e. The molecular formula is C22H33NO9S2. The number of hydrogen-bond acceptors (Lipinski definition) is 8. The molecule has 0 radical (unpaired) electrons. The number of ether oxygens (including phenoxy) is 2. The van der Waals surface area contributed by atoms with Crippen molar-refractivity contribution in [2.45, 2.75) is 52.7 Å². The average molecular weight is 520 g/mol. The molecule has 1 aliphatic heterocycles. The minimum atomic E-state index is -4.67. The molecule has 192 valence electrons. The zero-order valence-electron chi connectivity index (χ0n) is 19.8. The maximum atomic E-state index is 12.7. The fourth-order valence-corrected chi connectivity index (χ4v) is 4.10. The van der Waals surface area contributed by atoms with Gasteiger partial charge in [0.15, 0.2) is 5.12 Å². The van der Waals surface area contributed by atoms with Gasteiger partial charge in [0, 0.05) is 25.8 Å². The van der Waals surface area contributed by atoms with E-state index < -0.39 is 16.0 Å². The van der Waals surface area contributed by atoms with Gasteiger partial charge in [-0.2, -0.15) is 8.42 Å². The van der Waals surface area contributed by atoms with Crippen molar-refractivity contribution in [2.75, 3.05) is 18.8 Å². The van der Waals surface area contributed by atoms with E-state index in [4.69, 9.17) is 27.0 Å². The molecule has 1 heterocycles. The van der Waals surface area contributed by atoms with E-state index in [0.717, 1.165) is 17.3 Å². The van der Waals surface area contributed by atoms with Crippen molar-refractivity contribution in [1.29, 1.82) is 0 Å². The van der Waals surface area contributed by atoms with E-state index in [9.17, 15) is 14.4 Å². The summed E-state index contributed by atoms with van der Waals surface area (Å²) in [5, 5.41) is -0.0134. The number of benzene rings is 1. The van der Waals surface area contributed by atoms with Gasteiger partial charge in [-0.15, -0.1) is 0 Å². The smallest absolute Gasteiger partial charge is 0.410 e. The third-order valence-electron chi connectivity index (χ3n) is 4.75. The molecular weight excluding hydrogens is 486 g/mol. The van der Waals surface area contributed by atoms with Crippen LogP contribution in [0.15, 0.2) is 30.3 Å². The lowest BCUT2D eigenvalue weighted by Gasteiger charge is -2.35. The van der Waals surface area contributed by atoms with Crippen LogP contribution in [-0.4, -0.2) is 64.0 Å². The van der Waals surface area contributed by atoms with Gasteiger partial charge in [0.05, 0.1) is 5.92 Å². The van der Waals surface area contributed by atoms with E-state index in [1.54, 1.807) is 4.90 Å². The zero-order chi connectivity index (χ0) is 25.9. The topological polar surface area (TPSA) is 148 Å². The Morgan fingerprint density at radius 2 is 1.65 bits per heavy atom. The van der Waals surface area contributed by atoms with Gasteiger partial charge in [-0.1, -0.05) is 42.1 Å². The Balaban J connectivity index is 0.00000104. The summed E-state index contributed by atoms with van der Waals surface area (Å²) in [7, 11) is -4.67. The molecule has 1 unspecified atom stereocenters. The van der Waals surface area contributed by atoms with E-state index in [0.29, 0.717) is 31.7 Å². The summed E-state index contributed by atoms with van der Waals surface area (Å²) in [5.41, 5.74) is 0.375. The van der Waals surface area contributed by atoms with Crippen LogP contribution in [0.4, 0.5) is 4.79 Å². The molecule has 1 amide bonds. The van der Waals surface area contributed by atoms with Gasteiger partial charge >= 0.3 is 22.5 Å². The number of nitrogens with zero attached hydrogens (tertiary/aromatic N) is 1. The van der Waals surface area contributed by atoms with Gasteiger partial charge in [-0.05, 0) is 45.1 Å². The molecule has 0 spiro atoms. The van der Waals surface area contributed by atoms with Gasteiger partial charge in [-0.25, -0.2) is 4.79 Å². The summed E-state index contributed by atoms with van der Waals surface area (Å²) in [6, 6.07) is 9.56. The van der Waals surface area contributed by atoms with Crippen molar-refractivity contribution in [3.05, 3.63) is 35.9 Å². The molecule has 1 aromatic carbocycles. The standard InChI is InChI=1S/C22H31NO5S.H2O4S/c1-16(24)29-15-19(20(25)28-22(2,3)4)18-10-12-23(13-11-18)21(26)27-14-17-8-6-5-7-9-17;1-5(2,3)4/h5-9,18-19H,10-15H2,1-4H3;(H2,1,2,3,4). The molecule has 2 rings (SSSR count). The summed E-state index contributed by atoms with van der Waals surface area (Å²) in [4.78, 5) is 38.1. The minimum absolute atomic E-state index is 0.0134. The number of likely N-dealkylation sites (tertiary alicyclic amines) is 1. The predicted molar refractivity (Wildman–Crippen MR) is 128 cm³/mol. The fourth-order valence-electron chi connectivity index (χ4n) is 3.28. The van der Waals surface area contributed by atoms with Gasteiger partial charge in [0.25, 0.3) is 0 Å². The van der Waals surface area contributed by atoms with Crippen LogP contribution in [0, 0.1) is 11.8 Å². The summed E-state index contributed by atoms with van der Waals surface area (Å²) in [6.07, 6.45) is 1.03. The van der Waals surface area contributed by atoms with Crippen LogP contribution in [0.2, 0.25) is 0 Å². The van der Waals surface area contributed by atoms with Crippen LogP contribution in [0.1, 0.15) is 46.1 Å². The van der Waals surface area contributed by atoms with Crippen molar-refractivity contribution in [1.82, 2.24) is 4.90 Å². The van der Waals surface area contributed by atoms with E-state index >= 15 is 0 Å². The van der Waals surface area contributed by atoms with Gasteiger partial charge in [0.2, 0.25) is 0 Å². The number of carbonyl (C=O) groups is 3. The highest BCUT2D eigenvalue weighted by Gasteiger charge is 2.35. The first-order chi connectivity index (χ1) is 15.7. The number of esters is 1. The lowest BCUT2D eigenvalue weighted by Crippen LogP contribution is -2.43. The number of carbonyl (C=O) groups excluding carboxylic acids is 3. The monoisotopic (exact) mass is 519 g/mol. The lowest BCUT2D eigenvalue weighted by atomic mass is 9.85. The average Bonchev–Trinajstić information content (AvgIpc) is 2.70. The SMILES string of the molecule is CC(=O)SCC(C(=O)OC(C)(C)C)C1CCN(C(=O)OCc2ccccc2)CC1.O=S(=O)(O)O. The Morgan fingerprint density at radius 1 is 1.12 bits per heavy atom. The molecule has 0 bridgehead atoms. The highest BCUT2D eigenvalue weighted by Crippen LogP contribution is 2.30. The lowest BCUT2D eigenvalue weighted by molar-refractivity contribution is -0.161. The van der Waals surface area contributed by atoms with Crippen molar-refractivity contribution in [3.63, 3.8) is 0 Å². The summed E-state index contributed by atoms with van der Waals surface area (Å²) in [6.45, 7) is 8.32. The number of amides is 1. The Bertz CT molecular complexity index is 898. The van der Waals surface area contributed by atoms with Crippen LogP contribution in [-0.2, 0) is 36.1 Å². The number of thioether (sulfide) groups is 1. The molecule has 10 nitrogen and oxygen atoms in total. The zero-order valence-corrected chi connectivity index (χ0v) is 21.4. The van der Waals surface area contributed by atoms with Crippen LogP contribution >= 0.6 is 11.8 Å². The molecule has 2 N–H and O–H groups in total. The number of piperidine rings is 1. The molecule has 1 saturated heterocycles. The highest BCUT2D eigenvalue weighted by molar-refractivity contribution is 8.13. The molecule has 12 heteroatoms. The van der Waals surface area contributed by atoms with Gasteiger partial charge in [-0.3, -0.25) is 18.7 Å². The van der Waals surface area contributed by atoms with E-state index in [1.807, 2.05) is 51.1 Å². The summed E-state index contributed by atoms with van der Waals surface area (Å²) >= 11 is 1.16. The minimum Gasteiger partial charge on any atom is -0.460 e. The van der Waals surface area contributed by atoms with Crippen LogP contribution in [0.25, 0.3) is 0 Å². The van der Waals surface area contributed by atoms with Crippen LogP contribution < -0.4 is 0 Å². The summed E-state index contributed by atoms with van der Waals surface area (Å²) in [5.74, 6) is -0.135. The maximum Gasteiger partial charge on any atom is 0.410 e. The first-order valence-corrected chi connectivity index (χ1v) is 13.1. The van der Waals surface area contributed by atoms with Crippen molar-refractivity contribution in [3.8, 4) is 0 Å². The Kier molecular flexibility index (Phi) is 12.0. The Morgan fingerprint density at radius 3 is 2.12 bits per heavy atom. The van der Waals surface area contributed by atoms with E-state index in [-0.39, 0.29) is 35.6 Å². The second-order valence-electron chi connectivity index (χ2n) is 8.76. The van der Waals surface area contributed by atoms with Crippen LogP contribution in [0.5, 0.6) is 0 Å².